The molecule has 8 heteroatoms. The van der Waals surface area contributed by atoms with E-state index in [-0.39, 0.29) is 24.7 Å². The zero-order valence-corrected chi connectivity index (χ0v) is 20.3. The predicted octanol–water partition coefficient (Wildman–Crippen LogP) is 2.22. The summed E-state index contributed by atoms with van der Waals surface area (Å²) in [5, 5.41) is 7.80. The second-order valence-electron chi connectivity index (χ2n) is 9.52. The number of hydrogen-bond acceptors (Lipinski definition) is 4. The van der Waals surface area contributed by atoms with Crippen LogP contribution in [0.1, 0.15) is 22.4 Å². The maximum absolute atomic E-state index is 13.5. The summed E-state index contributed by atoms with van der Waals surface area (Å²) in [6.45, 7) is 0. The van der Waals surface area contributed by atoms with Crippen LogP contribution >= 0.6 is 0 Å². The number of carbonyl (C=O) groups excluding carboxylic acids is 3. The Hall–Kier alpha value is -4.46. The molecule has 188 valence electrons. The Morgan fingerprint density at radius 2 is 1.59 bits per heavy atom. The number of imidazole rings is 1. The number of rotatable bonds is 9. The summed E-state index contributed by atoms with van der Waals surface area (Å²) in [6.07, 6.45) is 4.79. The number of carbonyl (C=O) groups is 3. The zero-order valence-electron chi connectivity index (χ0n) is 20.3. The molecule has 2 atom stereocenters. The lowest BCUT2D eigenvalue weighted by molar-refractivity contribution is -0.132. The van der Waals surface area contributed by atoms with Crippen molar-refractivity contribution in [2.75, 3.05) is 0 Å². The number of benzene rings is 3. The van der Waals surface area contributed by atoms with Crippen molar-refractivity contribution in [1.29, 1.82) is 0 Å². The first-order valence-corrected chi connectivity index (χ1v) is 12.4. The van der Waals surface area contributed by atoms with Gasteiger partial charge in [0.05, 0.1) is 6.33 Å². The molecular weight excluding hydrogens is 466 g/mol. The third-order valence-corrected chi connectivity index (χ3v) is 7.00. The van der Waals surface area contributed by atoms with Crippen LogP contribution in [0.25, 0.3) is 10.8 Å². The standard InChI is InChI=1S/C29H29N5O3/c30-27(35)25(15-23-16-31-17-32-23)33-29(37)26(14-21-10-5-9-18-6-3-4-11-24(18)21)34-28(36)22-12-19-7-1-2-8-20(19)13-22/h1-11,16-17,22,25-26H,12-15H2,(H2,30,35)(H,31,32)(H,33,37)(H,34,36)/t25-,26-/m1/s1. The lowest BCUT2D eigenvalue weighted by Crippen LogP contribution is -2.55. The van der Waals surface area contributed by atoms with Crippen LogP contribution in [0.15, 0.2) is 79.3 Å². The summed E-state index contributed by atoms with van der Waals surface area (Å²) in [5.74, 6) is -1.55. The van der Waals surface area contributed by atoms with Crippen molar-refractivity contribution in [3.63, 3.8) is 0 Å². The highest BCUT2D eigenvalue weighted by molar-refractivity contribution is 5.93. The van der Waals surface area contributed by atoms with Gasteiger partial charge in [0, 0.05) is 30.7 Å². The van der Waals surface area contributed by atoms with Crippen LogP contribution in [0.5, 0.6) is 0 Å². The van der Waals surface area contributed by atoms with E-state index in [1.807, 2.05) is 66.7 Å². The molecule has 0 bridgehead atoms. The monoisotopic (exact) mass is 495 g/mol. The topological polar surface area (TPSA) is 130 Å². The molecule has 8 nitrogen and oxygen atoms in total. The highest BCUT2D eigenvalue weighted by Crippen LogP contribution is 2.27. The third-order valence-electron chi connectivity index (χ3n) is 7.00. The Morgan fingerprint density at radius 1 is 0.892 bits per heavy atom. The number of H-pyrrole nitrogens is 1. The van der Waals surface area contributed by atoms with Gasteiger partial charge in [0.25, 0.3) is 0 Å². The van der Waals surface area contributed by atoms with Crippen molar-refractivity contribution in [3.8, 4) is 0 Å². The number of aromatic amines is 1. The quantitative estimate of drug-likeness (QED) is 0.284. The second kappa shape index (κ2) is 10.7. The Labute approximate surface area is 214 Å². The van der Waals surface area contributed by atoms with Crippen LogP contribution in [0.2, 0.25) is 0 Å². The molecule has 0 saturated heterocycles. The molecule has 1 heterocycles. The van der Waals surface area contributed by atoms with Crippen LogP contribution < -0.4 is 16.4 Å². The molecule has 0 unspecified atom stereocenters. The minimum atomic E-state index is -0.949. The molecule has 0 fully saturated rings. The van der Waals surface area contributed by atoms with E-state index < -0.39 is 23.9 Å². The van der Waals surface area contributed by atoms with Gasteiger partial charge >= 0.3 is 0 Å². The fourth-order valence-electron chi connectivity index (χ4n) is 5.04. The van der Waals surface area contributed by atoms with Crippen LogP contribution in [0.4, 0.5) is 0 Å². The fraction of sp³-hybridized carbons (Fsp3) is 0.241. The van der Waals surface area contributed by atoms with Gasteiger partial charge in [-0.25, -0.2) is 4.98 Å². The SMILES string of the molecule is NC(=O)[C@@H](Cc1cnc[nH]1)NC(=O)[C@@H](Cc1cccc2ccccc12)NC(=O)C1Cc2ccccc2C1. The van der Waals surface area contributed by atoms with Crippen LogP contribution in [0, 0.1) is 5.92 Å². The second-order valence-corrected chi connectivity index (χ2v) is 9.52. The molecule has 1 aliphatic rings. The van der Waals surface area contributed by atoms with Gasteiger partial charge in [0.15, 0.2) is 0 Å². The molecule has 0 radical (unpaired) electrons. The fourth-order valence-corrected chi connectivity index (χ4v) is 5.04. The van der Waals surface area contributed by atoms with Crippen LogP contribution in [-0.2, 0) is 40.1 Å². The Bertz CT molecular complexity index is 1400. The number of fused-ring (bicyclic) bond motifs is 2. The Morgan fingerprint density at radius 3 is 2.30 bits per heavy atom. The number of nitrogens with two attached hydrogens (primary N) is 1. The highest BCUT2D eigenvalue weighted by atomic mass is 16.2. The summed E-state index contributed by atoms with van der Waals surface area (Å²) < 4.78 is 0. The Kier molecular flexibility index (Phi) is 6.98. The summed E-state index contributed by atoms with van der Waals surface area (Å²) in [4.78, 5) is 45.9. The molecular formula is C29H29N5O3. The number of amides is 3. The van der Waals surface area contributed by atoms with Crippen molar-refractivity contribution in [2.24, 2.45) is 11.7 Å². The zero-order chi connectivity index (χ0) is 25.8. The van der Waals surface area contributed by atoms with Gasteiger partial charge in [-0.2, -0.15) is 0 Å². The van der Waals surface area contributed by atoms with E-state index in [4.69, 9.17) is 5.73 Å². The first-order valence-electron chi connectivity index (χ1n) is 12.4. The first-order chi connectivity index (χ1) is 18.0. The minimum absolute atomic E-state index is 0.175. The molecule has 37 heavy (non-hydrogen) atoms. The number of aromatic nitrogens is 2. The van der Waals surface area contributed by atoms with E-state index in [2.05, 4.69) is 20.6 Å². The van der Waals surface area contributed by atoms with Gasteiger partial charge in [0.1, 0.15) is 12.1 Å². The van der Waals surface area contributed by atoms with Gasteiger partial charge in [0.2, 0.25) is 17.7 Å². The predicted molar refractivity (Wildman–Crippen MR) is 140 cm³/mol. The van der Waals surface area contributed by atoms with E-state index in [1.165, 1.54) is 6.33 Å². The van der Waals surface area contributed by atoms with Crippen molar-refractivity contribution in [2.45, 2.75) is 37.8 Å². The summed E-state index contributed by atoms with van der Waals surface area (Å²) in [5.41, 5.74) is 9.52. The molecule has 4 aromatic rings. The summed E-state index contributed by atoms with van der Waals surface area (Å²) in [6, 6.07) is 20.0. The molecule has 5 rings (SSSR count). The van der Waals surface area contributed by atoms with Gasteiger partial charge in [-0.1, -0.05) is 66.7 Å². The van der Waals surface area contributed by atoms with E-state index >= 15 is 0 Å². The van der Waals surface area contributed by atoms with E-state index in [0.717, 1.165) is 27.5 Å². The summed E-state index contributed by atoms with van der Waals surface area (Å²) in [7, 11) is 0. The van der Waals surface area contributed by atoms with Crippen molar-refractivity contribution >= 4 is 28.5 Å². The van der Waals surface area contributed by atoms with Crippen molar-refractivity contribution in [3.05, 3.63) is 102 Å². The number of nitrogens with one attached hydrogen (secondary N) is 3. The Balaban J connectivity index is 1.38. The normalized spacial score (nSPS) is 14.6. The molecule has 1 aliphatic carbocycles. The lowest BCUT2D eigenvalue weighted by atomic mass is 9.97. The van der Waals surface area contributed by atoms with Crippen molar-refractivity contribution < 1.29 is 14.4 Å². The molecule has 5 N–H and O–H groups in total. The summed E-state index contributed by atoms with van der Waals surface area (Å²) >= 11 is 0. The molecule has 0 spiro atoms. The van der Waals surface area contributed by atoms with E-state index in [9.17, 15) is 14.4 Å². The third kappa shape index (κ3) is 5.53. The molecule has 1 aromatic heterocycles. The minimum Gasteiger partial charge on any atom is -0.368 e. The van der Waals surface area contributed by atoms with Crippen LogP contribution in [0.3, 0.4) is 0 Å². The molecule has 0 saturated carbocycles. The van der Waals surface area contributed by atoms with Gasteiger partial charge in [-0.15, -0.1) is 0 Å². The maximum Gasteiger partial charge on any atom is 0.243 e. The smallest absolute Gasteiger partial charge is 0.243 e. The maximum atomic E-state index is 13.5. The lowest BCUT2D eigenvalue weighted by Gasteiger charge is -2.23. The van der Waals surface area contributed by atoms with Crippen LogP contribution in [-0.4, -0.2) is 39.8 Å². The van der Waals surface area contributed by atoms with Gasteiger partial charge in [-0.3, -0.25) is 14.4 Å². The largest absolute Gasteiger partial charge is 0.368 e. The van der Waals surface area contributed by atoms with E-state index in [1.54, 1.807) is 6.20 Å². The first kappa shape index (κ1) is 24.2. The average molecular weight is 496 g/mol. The number of nitrogens with zero attached hydrogens (tertiary/aromatic N) is 1. The number of primary amides is 1. The molecule has 0 aliphatic heterocycles. The van der Waals surface area contributed by atoms with Gasteiger partial charge < -0.3 is 21.4 Å². The van der Waals surface area contributed by atoms with E-state index in [0.29, 0.717) is 18.5 Å². The van der Waals surface area contributed by atoms with Crippen molar-refractivity contribution in [1.82, 2.24) is 20.6 Å². The number of hydrogen-bond donors (Lipinski definition) is 4. The molecule has 3 amide bonds. The van der Waals surface area contributed by atoms with Gasteiger partial charge in [-0.05, 0) is 40.3 Å². The molecule has 3 aromatic carbocycles. The highest BCUT2D eigenvalue weighted by Gasteiger charge is 2.32. The average Bonchev–Trinajstić information content (AvgIpc) is 3.58.